The number of rotatable bonds is 11. The molecular weight excluding hydrogens is 470 g/mol. The number of ether oxygens (including phenoxy) is 4. The summed E-state index contributed by atoms with van der Waals surface area (Å²) in [6, 6.07) is -1.60. The van der Waals surface area contributed by atoms with Crippen LogP contribution in [0.2, 0.25) is 0 Å². The molecule has 0 saturated carbocycles. The molecule has 16 nitrogen and oxygen atoms in total. The zero-order valence-electron chi connectivity index (χ0n) is 17.9. The first-order valence-corrected chi connectivity index (χ1v) is 10.4. The highest BCUT2D eigenvalue weighted by molar-refractivity contribution is 5.58. The first-order chi connectivity index (χ1) is 16.0. The maximum absolute atomic E-state index is 11.0. The Morgan fingerprint density at radius 2 is 1.26 bits per heavy atom. The number of aliphatic hydroxyl groups excluding tert-OH is 10. The van der Waals surface area contributed by atoms with Crippen LogP contribution in [0.1, 0.15) is 0 Å². The Bertz CT molecular complexity index is 626. The van der Waals surface area contributed by atoms with Crippen LogP contribution in [0.15, 0.2) is 0 Å². The van der Waals surface area contributed by atoms with E-state index in [1.807, 2.05) is 0 Å². The molecule has 0 unspecified atom stereocenters. The van der Waals surface area contributed by atoms with E-state index in [0.29, 0.717) is 0 Å². The second-order valence-electron chi connectivity index (χ2n) is 8.10. The van der Waals surface area contributed by atoms with Crippen LogP contribution in [0, 0.1) is 0 Å². The zero-order valence-corrected chi connectivity index (χ0v) is 17.9. The van der Waals surface area contributed by atoms with E-state index >= 15 is 0 Å². The average molecular weight is 503 g/mol. The quantitative estimate of drug-likeness (QED) is 0.117. The molecule has 2 saturated heterocycles. The van der Waals surface area contributed by atoms with Gasteiger partial charge in [-0.25, -0.2) is 0 Å². The fourth-order valence-corrected chi connectivity index (χ4v) is 3.53. The normalized spacial score (nSPS) is 42.6. The minimum absolute atomic E-state index is 0.138. The molecule has 0 aliphatic carbocycles. The second kappa shape index (κ2) is 12.9. The molecule has 2 fully saturated rings. The Morgan fingerprint density at radius 3 is 1.74 bits per heavy atom. The molecule has 2 rings (SSSR count). The lowest BCUT2D eigenvalue weighted by Crippen LogP contribution is -2.62. The molecular formula is C18H33NO15. The highest BCUT2D eigenvalue weighted by Gasteiger charge is 2.48. The molecule has 0 aromatic carbocycles. The summed E-state index contributed by atoms with van der Waals surface area (Å²) in [5.74, 6) is 0. The summed E-state index contributed by atoms with van der Waals surface area (Å²) in [7, 11) is 0. The van der Waals surface area contributed by atoms with Gasteiger partial charge in [0.15, 0.2) is 12.6 Å². The first-order valence-electron chi connectivity index (χ1n) is 10.4. The highest BCUT2D eigenvalue weighted by atomic mass is 16.7. The van der Waals surface area contributed by atoms with Crippen molar-refractivity contribution in [1.82, 2.24) is 0 Å². The van der Waals surface area contributed by atoms with Crippen molar-refractivity contribution in [3.05, 3.63) is 0 Å². The van der Waals surface area contributed by atoms with Gasteiger partial charge in [0, 0.05) is 0 Å². The lowest BCUT2D eigenvalue weighted by atomic mass is 9.98. The summed E-state index contributed by atoms with van der Waals surface area (Å²) in [6.07, 6.45) is -22.2. The summed E-state index contributed by atoms with van der Waals surface area (Å²) in [4.78, 5) is 11.0. The Hall–Kier alpha value is -0.930. The van der Waals surface area contributed by atoms with Crippen LogP contribution in [-0.2, 0) is 23.7 Å². The number of nitrogens with two attached hydrogens (primary N) is 1. The SMILES string of the molecule is N[C@H](C=O)[C@@H](O)[C@H](O[C@@H]1O[C@H](CO)[C@H](O)[C@H](O)[C@H]1O)[C@H](O)CO[C@H]1O[C@H](CO)[C@@H](O)[C@H](O)[C@H]1O. The first kappa shape index (κ1) is 29.3. The van der Waals surface area contributed by atoms with Crippen LogP contribution in [0.5, 0.6) is 0 Å². The maximum Gasteiger partial charge on any atom is 0.187 e. The summed E-state index contributed by atoms with van der Waals surface area (Å²) < 4.78 is 20.8. The van der Waals surface area contributed by atoms with E-state index in [0.717, 1.165) is 0 Å². The Kier molecular flexibility index (Phi) is 11.1. The van der Waals surface area contributed by atoms with Gasteiger partial charge in [0.2, 0.25) is 0 Å². The minimum Gasteiger partial charge on any atom is -0.394 e. The lowest BCUT2D eigenvalue weighted by molar-refractivity contribution is -0.331. The van der Waals surface area contributed by atoms with Gasteiger partial charge in [-0.2, -0.15) is 0 Å². The topological polar surface area (TPSA) is 282 Å². The summed E-state index contributed by atoms with van der Waals surface area (Å²) >= 11 is 0. The van der Waals surface area contributed by atoms with Crippen LogP contribution in [0.4, 0.5) is 0 Å². The third-order valence-corrected chi connectivity index (χ3v) is 5.69. The summed E-state index contributed by atoms with van der Waals surface area (Å²) in [6.45, 7) is -2.31. The van der Waals surface area contributed by atoms with Gasteiger partial charge in [0.1, 0.15) is 73.4 Å². The van der Waals surface area contributed by atoms with Crippen LogP contribution >= 0.6 is 0 Å². The van der Waals surface area contributed by atoms with Gasteiger partial charge in [-0.15, -0.1) is 0 Å². The number of aliphatic hydroxyl groups is 10. The summed E-state index contributed by atoms with van der Waals surface area (Å²) in [5.41, 5.74) is 5.49. The van der Waals surface area contributed by atoms with Gasteiger partial charge < -0.3 is 80.5 Å². The van der Waals surface area contributed by atoms with E-state index in [2.05, 4.69) is 0 Å². The van der Waals surface area contributed by atoms with Crippen molar-refractivity contribution in [2.45, 2.75) is 85.8 Å². The van der Waals surface area contributed by atoms with Gasteiger partial charge in [-0.05, 0) is 0 Å². The van der Waals surface area contributed by atoms with E-state index in [4.69, 9.17) is 24.7 Å². The van der Waals surface area contributed by atoms with E-state index in [-0.39, 0.29) is 6.29 Å². The monoisotopic (exact) mass is 503 g/mol. The van der Waals surface area contributed by atoms with Crippen LogP contribution in [0.25, 0.3) is 0 Å². The fraction of sp³-hybridized carbons (Fsp3) is 0.944. The van der Waals surface area contributed by atoms with Gasteiger partial charge in [0.05, 0.1) is 25.9 Å². The van der Waals surface area contributed by atoms with Gasteiger partial charge in [-0.3, -0.25) is 0 Å². The van der Waals surface area contributed by atoms with Gasteiger partial charge in [-0.1, -0.05) is 0 Å². The van der Waals surface area contributed by atoms with E-state index in [1.165, 1.54) is 0 Å². The average Bonchev–Trinajstić information content (AvgIpc) is 2.84. The second-order valence-corrected chi connectivity index (χ2v) is 8.10. The molecule has 0 aromatic heterocycles. The molecule has 0 radical (unpaired) electrons. The van der Waals surface area contributed by atoms with E-state index in [9.17, 15) is 55.9 Å². The van der Waals surface area contributed by atoms with Crippen molar-refractivity contribution >= 4 is 6.29 Å². The lowest BCUT2D eigenvalue weighted by Gasteiger charge is -2.42. The van der Waals surface area contributed by atoms with E-state index in [1.54, 1.807) is 0 Å². The van der Waals surface area contributed by atoms with Crippen LogP contribution < -0.4 is 5.73 Å². The third-order valence-electron chi connectivity index (χ3n) is 5.69. The molecule has 0 spiro atoms. The molecule has 2 heterocycles. The van der Waals surface area contributed by atoms with Crippen molar-refractivity contribution in [2.75, 3.05) is 19.8 Å². The predicted molar refractivity (Wildman–Crippen MR) is 104 cm³/mol. The number of aldehydes is 1. The number of hydrogen-bond donors (Lipinski definition) is 11. The standard InChI is InChI=1S/C18H33NO15/c19-5(1-20)9(24)16(34-18-15(30)13(28)11(26)8(3-22)33-18)6(23)4-31-17-14(29)12(27)10(25)7(2-21)32-17/h1,5-18,21-30H,2-4,19H2/t5-,6-,7-,8-,9-,10-,11+,12+,13+,14-,15-,16-,17+,18+/m1/s1. The largest absolute Gasteiger partial charge is 0.394 e. The molecule has 14 atom stereocenters. The van der Waals surface area contributed by atoms with Crippen molar-refractivity contribution in [2.24, 2.45) is 5.73 Å². The number of hydrogen-bond acceptors (Lipinski definition) is 16. The third kappa shape index (κ3) is 6.44. The predicted octanol–water partition coefficient (Wildman–Crippen LogP) is -7.76. The fourth-order valence-electron chi connectivity index (χ4n) is 3.53. The van der Waals surface area contributed by atoms with E-state index < -0.39 is 106 Å². The zero-order chi connectivity index (χ0) is 25.7. The molecule has 0 amide bonds. The molecule has 2 aliphatic rings. The molecule has 2 aliphatic heterocycles. The molecule has 16 heteroatoms. The Balaban J connectivity index is 2.13. The molecule has 200 valence electrons. The van der Waals surface area contributed by atoms with Crippen molar-refractivity contribution in [3.8, 4) is 0 Å². The molecule has 12 N–H and O–H groups in total. The smallest absolute Gasteiger partial charge is 0.187 e. The van der Waals surface area contributed by atoms with Crippen molar-refractivity contribution < 1.29 is 74.8 Å². The maximum atomic E-state index is 11.0. The number of carbonyl (C=O) groups excluding carboxylic acids is 1. The van der Waals surface area contributed by atoms with Crippen LogP contribution in [-0.4, -0.2) is 163 Å². The minimum atomic E-state index is -1.92. The van der Waals surface area contributed by atoms with Gasteiger partial charge in [0.25, 0.3) is 0 Å². The Labute approximate surface area is 193 Å². The van der Waals surface area contributed by atoms with Gasteiger partial charge >= 0.3 is 0 Å². The molecule has 0 bridgehead atoms. The number of carbonyl (C=O) groups is 1. The highest BCUT2D eigenvalue weighted by Crippen LogP contribution is 2.26. The van der Waals surface area contributed by atoms with Crippen molar-refractivity contribution in [1.29, 1.82) is 0 Å². The molecule has 0 aromatic rings. The van der Waals surface area contributed by atoms with Crippen LogP contribution in [0.3, 0.4) is 0 Å². The Morgan fingerprint density at radius 1 is 0.794 bits per heavy atom. The van der Waals surface area contributed by atoms with Crippen molar-refractivity contribution in [3.63, 3.8) is 0 Å². The molecule has 34 heavy (non-hydrogen) atoms. The summed E-state index contributed by atoms with van der Waals surface area (Å²) in [5, 5.41) is 99.0.